The summed E-state index contributed by atoms with van der Waals surface area (Å²) in [6, 6.07) is 25.1. The fourth-order valence-electron chi connectivity index (χ4n) is 3.95. The van der Waals surface area contributed by atoms with E-state index in [9.17, 15) is 4.79 Å². The lowest BCUT2D eigenvalue weighted by Gasteiger charge is -2.10. The molecule has 0 spiro atoms. The van der Waals surface area contributed by atoms with E-state index in [0.29, 0.717) is 26.1 Å². The molecule has 3 N–H and O–H groups in total. The summed E-state index contributed by atoms with van der Waals surface area (Å²) in [6.45, 7) is 1.91. The number of ether oxygens (including phenoxy) is 1. The average molecular weight is 500 g/mol. The molecule has 1 amide bonds. The smallest absolute Gasteiger partial charge is 0.267 e. The quantitative estimate of drug-likeness (QED) is 0.263. The summed E-state index contributed by atoms with van der Waals surface area (Å²) in [5.74, 6) is 0.481. The first-order valence-electron chi connectivity index (χ1n) is 10.9. The average Bonchev–Trinajstić information content (AvgIpc) is 3.22. The molecule has 3 aromatic carbocycles. The number of nitrogens with two attached hydrogens (primary N) is 1. The van der Waals surface area contributed by atoms with E-state index in [1.165, 1.54) is 11.3 Å². The number of nitrogen functional groups attached to an aromatic ring is 1. The molecule has 5 rings (SSSR count). The van der Waals surface area contributed by atoms with Gasteiger partial charge in [0.25, 0.3) is 5.91 Å². The van der Waals surface area contributed by atoms with Gasteiger partial charge in [0.1, 0.15) is 15.5 Å². The van der Waals surface area contributed by atoms with Crippen LogP contribution in [0.1, 0.15) is 15.2 Å². The van der Waals surface area contributed by atoms with Crippen molar-refractivity contribution in [3.8, 4) is 28.1 Å². The highest BCUT2D eigenvalue weighted by Crippen LogP contribution is 2.41. The van der Waals surface area contributed by atoms with E-state index in [1.807, 2.05) is 73.7 Å². The maximum absolute atomic E-state index is 13.3. The van der Waals surface area contributed by atoms with Gasteiger partial charge >= 0.3 is 0 Å². The number of carbonyl (C=O) groups is 1. The van der Waals surface area contributed by atoms with E-state index in [0.717, 1.165) is 39.1 Å². The summed E-state index contributed by atoms with van der Waals surface area (Å²) in [6.07, 6.45) is 0. The van der Waals surface area contributed by atoms with E-state index < -0.39 is 0 Å². The van der Waals surface area contributed by atoms with Gasteiger partial charge in [-0.25, -0.2) is 4.98 Å². The molecule has 5 nitrogen and oxygen atoms in total. The van der Waals surface area contributed by atoms with E-state index in [-0.39, 0.29) is 5.91 Å². The Morgan fingerprint density at radius 1 is 1.00 bits per heavy atom. The van der Waals surface area contributed by atoms with Gasteiger partial charge in [0, 0.05) is 21.7 Å². The molecule has 0 fully saturated rings. The second-order valence-corrected chi connectivity index (χ2v) is 9.52. The summed E-state index contributed by atoms with van der Waals surface area (Å²) < 4.78 is 5.29. The van der Waals surface area contributed by atoms with Crippen molar-refractivity contribution in [3.05, 3.63) is 94.3 Å². The lowest BCUT2D eigenvalue weighted by atomic mass is 9.99. The van der Waals surface area contributed by atoms with Crippen LogP contribution in [0.15, 0.2) is 78.9 Å². The number of thiophene rings is 1. The third kappa shape index (κ3) is 4.46. The summed E-state index contributed by atoms with van der Waals surface area (Å²) in [5, 5.41) is 4.27. The summed E-state index contributed by atoms with van der Waals surface area (Å²) in [7, 11) is 1.64. The van der Waals surface area contributed by atoms with Gasteiger partial charge in [-0.2, -0.15) is 0 Å². The summed E-state index contributed by atoms with van der Waals surface area (Å²) in [4.78, 5) is 19.3. The molecule has 0 aliphatic rings. The van der Waals surface area contributed by atoms with E-state index in [2.05, 4.69) is 5.32 Å². The topological polar surface area (TPSA) is 77.2 Å². The first kappa shape index (κ1) is 22.9. The SMILES string of the molecule is COc1ccc(-c2cc(-c3ccccc3)c3c(N)c(C(=O)Nc4cc(Cl)ccc4C)sc3n2)cc1. The third-order valence-corrected chi connectivity index (χ3v) is 7.16. The predicted molar refractivity (Wildman–Crippen MR) is 146 cm³/mol. The highest BCUT2D eigenvalue weighted by atomic mass is 35.5. The number of aromatic nitrogens is 1. The Hall–Kier alpha value is -3.87. The largest absolute Gasteiger partial charge is 0.497 e. The first-order valence-corrected chi connectivity index (χ1v) is 12.1. The van der Waals surface area contributed by atoms with Crippen molar-refractivity contribution in [1.29, 1.82) is 0 Å². The number of pyridine rings is 1. The van der Waals surface area contributed by atoms with E-state index in [1.54, 1.807) is 19.2 Å². The van der Waals surface area contributed by atoms with Crippen LogP contribution < -0.4 is 15.8 Å². The second kappa shape index (κ2) is 9.41. The number of hydrogen-bond donors (Lipinski definition) is 2. The minimum atomic E-state index is -0.291. The Kier molecular flexibility index (Phi) is 6.16. The molecule has 2 aromatic heterocycles. The Morgan fingerprint density at radius 2 is 1.74 bits per heavy atom. The highest BCUT2D eigenvalue weighted by molar-refractivity contribution is 7.21. The normalized spacial score (nSPS) is 10.9. The number of amides is 1. The van der Waals surface area contributed by atoms with Crippen molar-refractivity contribution in [2.45, 2.75) is 6.92 Å². The van der Waals surface area contributed by atoms with Gasteiger partial charge in [-0.05, 0) is 66.1 Å². The standard InChI is InChI=1S/C28H22ClN3O2S/c1-16-8-11-19(29)14-22(16)31-27(33)26-25(30)24-21(17-6-4-3-5-7-17)15-23(32-28(24)35-26)18-9-12-20(34-2)13-10-18/h3-15H,30H2,1-2H3,(H,31,33). The summed E-state index contributed by atoms with van der Waals surface area (Å²) >= 11 is 7.41. The van der Waals surface area contributed by atoms with Crippen molar-refractivity contribution < 1.29 is 9.53 Å². The van der Waals surface area contributed by atoms with Gasteiger partial charge in [-0.15, -0.1) is 11.3 Å². The number of fused-ring (bicyclic) bond motifs is 1. The lowest BCUT2D eigenvalue weighted by molar-refractivity contribution is 0.103. The molecule has 0 saturated carbocycles. The minimum Gasteiger partial charge on any atom is -0.497 e. The van der Waals surface area contributed by atoms with Crippen molar-refractivity contribution in [2.24, 2.45) is 0 Å². The fraction of sp³-hybridized carbons (Fsp3) is 0.0714. The lowest BCUT2D eigenvalue weighted by Crippen LogP contribution is -2.12. The number of aryl methyl sites for hydroxylation is 1. The van der Waals surface area contributed by atoms with Crippen LogP contribution in [0.5, 0.6) is 5.75 Å². The molecule has 35 heavy (non-hydrogen) atoms. The molecule has 0 bridgehead atoms. The zero-order valence-corrected chi connectivity index (χ0v) is 20.7. The molecule has 0 radical (unpaired) electrons. The molecular formula is C28H22ClN3O2S. The van der Waals surface area contributed by atoms with Gasteiger partial charge in [-0.1, -0.05) is 48.0 Å². The van der Waals surface area contributed by atoms with Crippen molar-refractivity contribution >= 4 is 50.4 Å². The molecular weight excluding hydrogens is 478 g/mol. The molecule has 7 heteroatoms. The van der Waals surface area contributed by atoms with Crippen LogP contribution in [0.2, 0.25) is 5.02 Å². The number of rotatable bonds is 5. The number of nitrogens with one attached hydrogen (secondary N) is 1. The fourth-order valence-corrected chi connectivity index (χ4v) is 5.14. The highest BCUT2D eigenvalue weighted by Gasteiger charge is 2.22. The van der Waals surface area contributed by atoms with Crippen LogP contribution in [0.4, 0.5) is 11.4 Å². The molecule has 2 heterocycles. The molecule has 0 aliphatic carbocycles. The van der Waals surface area contributed by atoms with Crippen LogP contribution >= 0.6 is 22.9 Å². The number of anilines is 2. The maximum Gasteiger partial charge on any atom is 0.267 e. The maximum atomic E-state index is 13.3. The van der Waals surface area contributed by atoms with E-state index >= 15 is 0 Å². The van der Waals surface area contributed by atoms with Crippen LogP contribution in [0.3, 0.4) is 0 Å². The monoisotopic (exact) mass is 499 g/mol. The molecule has 0 saturated heterocycles. The van der Waals surface area contributed by atoms with Crippen LogP contribution in [-0.2, 0) is 0 Å². The zero-order chi connectivity index (χ0) is 24.5. The molecule has 174 valence electrons. The van der Waals surface area contributed by atoms with Crippen LogP contribution in [0.25, 0.3) is 32.6 Å². The van der Waals surface area contributed by atoms with Gasteiger partial charge in [-0.3, -0.25) is 4.79 Å². The van der Waals surface area contributed by atoms with Gasteiger partial charge in [0.15, 0.2) is 0 Å². The van der Waals surface area contributed by atoms with Crippen molar-refractivity contribution in [1.82, 2.24) is 4.98 Å². The zero-order valence-electron chi connectivity index (χ0n) is 19.1. The predicted octanol–water partition coefficient (Wildman–Crippen LogP) is 7.44. The Balaban J connectivity index is 1.65. The van der Waals surface area contributed by atoms with Gasteiger partial charge < -0.3 is 15.8 Å². The second-order valence-electron chi connectivity index (χ2n) is 8.09. The number of methoxy groups -OCH3 is 1. The number of carbonyl (C=O) groups excluding carboxylic acids is 1. The summed E-state index contributed by atoms with van der Waals surface area (Å²) in [5.41, 5.74) is 12.2. The molecule has 0 aliphatic heterocycles. The number of halogens is 1. The van der Waals surface area contributed by atoms with Crippen LogP contribution in [-0.4, -0.2) is 18.0 Å². The van der Waals surface area contributed by atoms with Crippen LogP contribution in [0, 0.1) is 6.92 Å². The van der Waals surface area contributed by atoms with Crippen molar-refractivity contribution in [3.63, 3.8) is 0 Å². The number of hydrogen-bond acceptors (Lipinski definition) is 5. The van der Waals surface area contributed by atoms with Gasteiger partial charge in [0.2, 0.25) is 0 Å². The number of nitrogens with zero attached hydrogens (tertiary/aromatic N) is 1. The molecule has 5 aromatic rings. The van der Waals surface area contributed by atoms with E-state index in [4.69, 9.17) is 27.1 Å². The number of benzene rings is 3. The first-order chi connectivity index (χ1) is 16.9. The Morgan fingerprint density at radius 3 is 2.46 bits per heavy atom. The minimum absolute atomic E-state index is 0.291. The van der Waals surface area contributed by atoms with Gasteiger partial charge in [0.05, 0.1) is 18.5 Å². The molecule has 0 unspecified atom stereocenters. The Bertz CT molecular complexity index is 1550. The third-order valence-electron chi connectivity index (χ3n) is 5.82. The Labute approximate surface area is 212 Å². The van der Waals surface area contributed by atoms with Crippen molar-refractivity contribution in [2.75, 3.05) is 18.2 Å². The molecule has 0 atom stereocenters.